The van der Waals surface area contributed by atoms with E-state index in [1.54, 1.807) is 12.1 Å². The summed E-state index contributed by atoms with van der Waals surface area (Å²) in [4.78, 5) is 37.8. The number of hydrogen-bond donors (Lipinski definition) is 3. The van der Waals surface area contributed by atoms with Gasteiger partial charge in [0.25, 0.3) is 11.8 Å². The van der Waals surface area contributed by atoms with Crippen LogP contribution in [0.5, 0.6) is 5.75 Å². The molecular formula is C19H12BrN3O4S2. The van der Waals surface area contributed by atoms with Crippen LogP contribution in [-0.2, 0) is 9.59 Å². The highest BCUT2D eigenvalue weighted by Gasteiger charge is 2.37. The number of thioether (sulfide) groups is 1. The molecule has 0 bridgehead atoms. The Balaban J connectivity index is 1.57. The number of thiocarbonyl (C=S) groups is 1. The van der Waals surface area contributed by atoms with Crippen LogP contribution < -0.4 is 10.7 Å². The van der Waals surface area contributed by atoms with Crippen molar-refractivity contribution in [2.24, 2.45) is 0 Å². The Labute approximate surface area is 183 Å². The molecule has 146 valence electrons. The first kappa shape index (κ1) is 19.6. The molecule has 0 spiro atoms. The molecule has 2 aliphatic rings. The summed E-state index contributed by atoms with van der Waals surface area (Å²) in [6.07, 6.45) is 1.55. The van der Waals surface area contributed by atoms with Gasteiger partial charge in [0.15, 0.2) is 4.32 Å². The van der Waals surface area contributed by atoms with E-state index in [4.69, 9.17) is 12.2 Å². The topological polar surface area (TPSA) is 98.7 Å². The average molecular weight is 490 g/mol. The van der Waals surface area contributed by atoms with Gasteiger partial charge >= 0.3 is 0 Å². The molecule has 7 nitrogen and oxygen atoms in total. The number of nitrogens with zero attached hydrogens (tertiary/aromatic N) is 1. The molecule has 1 fully saturated rings. The summed E-state index contributed by atoms with van der Waals surface area (Å²) >= 11 is 9.60. The summed E-state index contributed by atoms with van der Waals surface area (Å²) in [5.41, 5.74) is 4.05. The zero-order chi connectivity index (χ0) is 20.7. The minimum absolute atomic E-state index is 0.0694. The summed E-state index contributed by atoms with van der Waals surface area (Å²) in [5.74, 6) is -2.07. The van der Waals surface area contributed by atoms with Crippen molar-refractivity contribution in [2.75, 3.05) is 5.32 Å². The molecule has 0 radical (unpaired) electrons. The van der Waals surface area contributed by atoms with E-state index in [-0.39, 0.29) is 26.4 Å². The first-order chi connectivity index (χ1) is 13.8. The molecule has 0 unspecified atom stereocenters. The van der Waals surface area contributed by atoms with Gasteiger partial charge in [0, 0.05) is 15.7 Å². The van der Waals surface area contributed by atoms with E-state index >= 15 is 0 Å². The number of phenolic OH excluding ortho intramolecular Hbond substituents is 1. The van der Waals surface area contributed by atoms with Crippen LogP contribution >= 0.6 is 39.9 Å². The molecule has 2 aliphatic heterocycles. The van der Waals surface area contributed by atoms with Crippen LogP contribution in [0.25, 0.3) is 0 Å². The third-order valence-electron chi connectivity index (χ3n) is 4.32. The highest BCUT2D eigenvalue weighted by atomic mass is 79.9. The van der Waals surface area contributed by atoms with Crippen LogP contribution in [0.15, 0.2) is 57.9 Å². The van der Waals surface area contributed by atoms with Crippen LogP contribution in [0.2, 0.25) is 0 Å². The highest BCUT2D eigenvalue weighted by molar-refractivity contribution is 9.10. The number of benzene rings is 2. The van der Waals surface area contributed by atoms with Gasteiger partial charge in [-0.2, -0.15) is 5.01 Å². The first-order valence-corrected chi connectivity index (χ1v) is 10.3. The van der Waals surface area contributed by atoms with E-state index in [0.717, 1.165) is 26.8 Å². The second kappa shape index (κ2) is 7.62. The number of anilines is 1. The van der Waals surface area contributed by atoms with Crippen LogP contribution in [-0.4, -0.2) is 32.2 Å². The van der Waals surface area contributed by atoms with Gasteiger partial charge in [-0.25, -0.2) is 0 Å². The first-order valence-electron chi connectivity index (χ1n) is 8.32. The largest absolute Gasteiger partial charge is 0.508 e. The van der Waals surface area contributed by atoms with Crippen molar-refractivity contribution in [2.45, 2.75) is 5.92 Å². The highest BCUT2D eigenvalue weighted by Crippen LogP contribution is 2.39. The van der Waals surface area contributed by atoms with Crippen molar-refractivity contribution < 1.29 is 19.5 Å². The Hall–Kier alpha value is -2.69. The van der Waals surface area contributed by atoms with Gasteiger partial charge in [0.05, 0.1) is 10.8 Å². The van der Waals surface area contributed by atoms with Crippen molar-refractivity contribution >= 4 is 67.6 Å². The number of fused-ring (bicyclic) bond motifs is 1. The second-order valence-electron chi connectivity index (χ2n) is 6.23. The van der Waals surface area contributed by atoms with E-state index in [1.165, 1.54) is 24.3 Å². The van der Waals surface area contributed by atoms with Gasteiger partial charge in [-0.15, -0.1) is 0 Å². The third kappa shape index (κ3) is 3.78. The lowest BCUT2D eigenvalue weighted by atomic mass is 10.0. The SMILES string of the molecule is O=C(NN1C(=O)/C(=C/[C@H]2C(=O)Nc3ccc(Br)cc32)SC1=S)c1cccc(O)c1. The fraction of sp³-hybridized carbons (Fsp3) is 0.0526. The number of amides is 3. The summed E-state index contributed by atoms with van der Waals surface area (Å²) in [7, 11) is 0. The lowest BCUT2D eigenvalue weighted by Crippen LogP contribution is -2.44. The van der Waals surface area contributed by atoms with E-state index < -0.39 is 17.7 Å². The van der Waals surface area contributed by atoms with Gasteiger partial charge in [-0.1, -0.05) is 33.8 Å². The van der Waals surface area contributed by atoms with Crippen LogP contribution in [0.4, 0.5) is 5.69 Å². The minimum Gasteiger partial charge on any atom is -0.508 e. The van der Waals surface area contributed by atoms with E-state index in [9.17, 15) is 19.5 Å². The van der Waals surface area contributed by atoms with Gasteiger partial charge in [-0.3, -0.25) is 19.8 Å². The fourth-order valence-corrected chi connectivity index (χ4v) is 4.53. The number of hydrogen-bond acceptors (Lipinski definition) is 6. The summed E-state index contributed by atoms with van der Waals surface area (Å²) < 4.78 is 0.958. The van der Waals surface area contributed by atoms with Crippen molar-refractivity contribution in [1.82, 2.24) is 10.4 Å². The zero-order valence-electron chi connectivity index (χ0n) is 14.5. The number of halogens is 1. The van der Waals surface area contributed by atoms with Crippen molar-refractivity contribution in [3.05, 3.63) is 69.0 Å². The molecular weight excluding hydrogens is 478 g/mol. The Morgan fingerprint density at radius 2 is 2.07 bits per heavy atom. The van der Waals surface area contributed by atoms with Crippen molar-refractivity contribution in [1.29, 1.82) is 0 Å². The average Bonchev–Trinajstić information content (AvgIpc) is 3.12. The molecule has 2 aromatic rings. The molecule has 3 amide bonds. The maximum Gasteiger partial charge on any atom is 0.284 e. The quantitative estimate of drug-likeness (QED) is 0.452. The number of carbonyl (C=O) groups is 3. The maximum absolute atomic E-state index is 12.8. The van der Waals surface area contributed by atoms with E-state index in [1.807, 2.05) is 12.1 Å². The molecule has 0 saturated carbocycles. The van der Waals surface area contributed by atoms with Gasteiger partial charge in [-0.05, 0) is 60.3 Å². The molecule has 10 heteroatoms. The Morgan fingerprint density at radius 3 is 2.83 bits per heavy atom. The molecule has 3 N–H and O–H groups in total. The molecule has 1 saturated heterocycles. The van der Waals surface area contributed by atoms with Gasteiger partial charge < -0.3 is 10.4 Å². The molecule has 2 heterocycles. The predicted molar refractivity (Wildman–Crippen MR) is 116 cm³/mol. The zero-order valence-corrected chi connectivity index (χ0v) is 17.7. The predicted octanol–water partition coefficient (Wildman–Crippen LogP) is 3.28. The Morgan fingerprint density at radius 1 is 1.28 bits per heavy atom. The maximum atomic E-state index is 12.8. The molecule has 2 aromatic carbocycles. The van der Waals surface area contributed by atoms with Crippen LogP contribution in [0, 0.1) is 0 Å². The van der Waals surface area contributed by atoms with Crippen molar-refractivity contribution in [3.63, 3.8) is 0 Å². The number of nitrogens with one attached hydrogen (secondary N) is 2. The minimum atomic E-state index is -0.640. The number of carbonyl (C=O) groups excluding carboxylic acids is 3. The lowest BCUT2D eigenvalue weighted by molar-refractivity contribution is -0.123. The van der Waals surface area contributed by atoms with Crippen LogP contribution in [0.3, 0.4) is 0 Å². The Kier molecular flexibility index (Phi) is 5.15. The molecule has 29 heavy (non-hydrogen) atoms. The smallest absolute Gasteiger partial charge is 0.284 e. The standard InChI is InChI=1S/C19H12BrN3O4S2/c20-10-4-5-14-12(7-10)13(17(26)21-14)8-15-18(27)23(19(28)29-15)22-16(25)9-2-1-3-11(24)6-9/h1-8,13,24H,(H,21,26)(H,22,25)/b15-8-/t13-/m1/s1. The third-order valence-corrected chi connectivity index (χ3v) is 6.14. The van der Waals surface area contributed by atoms with Crippen LogP contribution in [0.1, 0.15) is 21.8 Å². The fourth-order valence-electron chi connectivity index (χ4n) is 2.96. The van der Waals surface area contributed by atoms with E-state index in [0.29, 0.717) is 5.69 Å². The number of hydrazine groups is 1. The lowest BCUT2D eigenvalue weighted by Gasteiger charge is -2.15. The normalized spacial score (nSPS) is 19.5. The Bertz CT molecular complexity index is 1120. The summed E-state index contributed by atoms with van der Waals surface area (Å²) in [5, 5.41) is 13.3. The monoisotopic (exact) mass is 489 g/mol. The second-order valence-corrected chi connectivity index (χ2v) is 8.82. The van der Waals surface area contributed by atoms with Gasteiger partial charge in [0.1, 0.15) is 5.75 Å². The van der Waals surface area contributed by atoms with Crippen molar-refractivity contribution in [3.8, 4) is 5.75 Å². The molecule has 4 rings (SSSR count). The number of aromatic hydroxyl groups is 1. The molecule has 1 atom stereocenters. The van der Waals surface area contributed by atoms with Gasteiger partial charge in [0.2, 0.25) is 5.91 Å². The summed E-state index contributed by atoms with van der Waals surface area (Å²) in [6.45, 7) is 0. The number of phenols is 1. The molecule has 0 aliphatic carbocycles. The summed E-state index contributed by atoms with van der Waals surface area (Å²) in [6, 6.07) is 11.1. The molecule has 0 aromatic heterocycles. The van der Waals surface area contributed by atoms with E-state index in [2.05, 4.69) is 26.7 Å². The number of rotatable bonds is 3.